The number of hydrogen-bond donors (Lipinski definition) is 1. The molecule has 0 aliphatic heterocycles. The molecule has 2 heterocycles. The van der Waals surface area contributed by atoms with E-state index in [4.69, 9.17) is 21.1 Å². The van der Waals surface area contributed by atoms with Gasteiger partial charge in [0, 0.05) is 24.7 Å². The predicted octanol–water partition coefficient (Wildman–Crippen LogP) is 3.78. The minimum atomic E-state index is -4.12. The molecule has 1 aromatic carbocycles. The summed E-state index contributed by atoms with van der Waals surface area (Å²) in [6.07, 6.45) is 2.32. The first-order chi connectivity index (χ1) is 16.5. The van der Waals surface area contributed by atoms with Gasteiger partial charge in [0.05, 0.1) is 30.4 Å². The van der Waals surface area contributed by atoms with Crippen molar-refractivity contribution in [3.05, 3.63) is 47.3 Å². The van der Waals surface area contributed by atoms with Crippen molar-refractivity contribution in [2.45, 2.75) is 43.3 Å². The Bertz CT molecular complexity index is 1310. The van der Waals surface area contributed by atoms with Gasteiger partial charge in [-0.15, -0.1) is 10.2 Å². The lowest BCUT2D eigenvalue weighted by atomic mass is 10.1. The quantitative estimate of drug-likeness (QED) is 0.445. The summed E-state index contributed by atoms with van der Waals surface area (Å²) in [7, 11) is -1.32. The molecule has 1 aliphatic carbocycles. The van der Waals surface area contributed by atoms with Crippen molar-refractivity contribution in [2.24, 2.45) is 0 Å². The smallest absolute Gasteiger partial charge is 0.259 e. The molecule has 1 fully saturated rings. The van der Waals surface area contributed by atoms with Gasteiger partial charge in [-0.1, -0.05) is 24.6 Å². The van der Waals surface area contributed by atoms with Gasteiger partial charge in [0.1, 0.15) is 28.8 Å². The molecule has 188 valence electrons. The van der Waals surface area contributed by atoms with Crippen molar-refractivity contribution in [2.75, 3.05) is 18.9 Å². The number of para-hydroxylation sites is 1. The SMILES string of the molecule is COc1cccc(OC)c1-n1c(NS(=O)(=O)[C@@H](C)[C@H](C)c2ncc(Cl)cn2)nnc1[C@H]1CC1(F)F. The molecular weight excluding hydrogens is 506 g/mol. The van der Waals surface area contributed by atoms with Gasteiger partial charge < -0.3 is 9.47 Å². The number of nitrogens with one attached hydrogen (secondary N) is 1. The number of benzene rings is 1. The molecule has 0 amide bonds. The normalized spacial score (nSPS) is 18.5. The van der Waals surface area contributed by atoms with Crippen LogP contribution >= 0.6 is 11.6 Å². The molecule has 14 heteroatoms. The maximum atomic E-state index is 14.0. The van der Waals surface area contributed by atoms with Crippen LogP contribution in [0.2, 0.25) is 5.02 Å². The number of rotatable bonds is 9. The number of methoxy groups -OCH3 is 2. The summed E-state index contributed by atoms with van der Waals surface area (Å²) in [6.45, 7) is 3.13. The third kappa shape index (κ3) is 4.74. The zero-order valence-corrected chi connectivity index (χ0v) is 20.8. The molecule has 0 radical (unpaired) electrons. The van der Waals surface area contributed by atoms with Gasteiger partial charge in [-0.25, -0.2) is 27.2 Å². The lowest BCUT2D eigenvalue weighted by Crippen LogP contribution is -2.31. The van der Waals surface area contributed by atoms with Crippen LogP contribution in [-0.2, 0) is 10.0 Å². The number of anilines is 1. The fourth-order valence-corrected chi connectivity index (χ4v) is 4.94. The van der Waals surface area contributed by atoms with E-state index in [-0.39, 0.29) is 34.8 Å². The van der Waals surface area contributed by atoms with Gasteiger partial charge in [-0.3, -0.25) is 9.29 Å². The van der Waals surface area contributed by atoms with Crippen LogP contribution in [-0.4, -0.2) is 58.5 Å². The molecule has 1 saturated carbocycles. The summed E-state index contributed by atoms with van der Waals surface area (Å²) in [5.41, 5.74) is 0.194. The van der Waals surface area contributed by atoms with Gasteiger partial charge >= 0.3 is 0 Å². The summed E-state index contributed by atoms with van der Waals surface area (Å²) < 4.78 is 69.1. The van der Waals surface area contributed by atoms with Crippen molar-refractivity contribution >= 4 is 27.6 Å². The van der Waals surface area contributed by atoms with E-state index in [0.29, 0.717) is 5.02 Å². The summed E-state index contributed by atoms with van der Waals surface area (Å²) >= 11 is 5.82. The second-order valence-electron chi connectivity index (χ2n) is 8.15. The summed E-state index contributed by atoms with van der Waals surface area (Å²) in [5.74, 6) is -4.45. The Morgan fingerprint density at radius 3 is 2.23 bits per heavy atom. The Morgan fingerprint density at radius 2 is 1.71 bits per heavy atom. The van der Waals surface area contributed by atoms with Crippen molar-refractivity contribution in [1.29, 1.82) is 0 Å². The van der Waals surface area contributed by atoms with E-state index in [1.165, 1.54) is 38.1 Å². The van der Waals surface area contributed by atoms with E-state index >= 15 is 0 Å². The summed E-state index contributed by atoms with van der Waals surface area (Å²) in [5, 5.41) is 7.11. The monoisotopic (exact) mass is 528 g/mol. The molecule has 35 heavy (non-hydrogen) atoms. The van der Waals surface area contributed by atoms with Crippen LogP contribution in [0.15, 0.2) is 30.6 Å². The standard InChI is InChI=1S/C21H23ClF2N6O4S/c1-11(18-25-9-13(22)10-26-18)12(2)35(31,32)29-20-28-27-19(14-8-21(14,23)24)30(20)17-15(33-3)6-5-7-16(17)34-4/h5-7,9-12,14H,8H2,1-4H3,(H,28,29)/t11-,12-,14+/m0/s1. The van der Waals surface area contributed by atoms with E-state index in [9.17, 15) is 17.2 Å². The van der Waals surface area contributed by atoms with Crippen molar-refractivity contribution < 1.29 is 26.7 Å². The van der Waals surface area contributed by atoms with Gasteiger partial charge in [-0.05, 0) is 19.1 Å². The molecule has 3 aromatic rings. The second kappa shape index (κ2) is 9.19. The largest absolute Gasteiger partial charge is 0.494 e. The van der Waals surface area contributed by atoms with E-state index in [1.54, 1.807) is 25.1 Å². The molecule has 4 rings (SSSR count). The van der Waals surface area contributed by atoms with Gasteiger partial charge in [0.25, 0.3) is 5.92 Å². The lowest BCUT2D eigenvalue weighted by Gasteiger charge is -2.21. The van der Waals surface area contributed by atoms with Crippen LogP contribution in [0, 0.1) is 0 Å². The minimum Gasteiger partial charge on any atom is -0.494 e. The number of sulfonamides is 1. The maximum Gasteiger partial charge on any atom is 0.259 e. The van der Waals surface area contributed by atoms with E-state index in [2.05, 4.69) is 24.9 Å². The first-order valence-corrected chi connectivity index (χ1v) is 12.5. The topological polar surface area (TPSA) is 121 Å². The molecular formula is C21H23ClF2N6O4S. The van der Waals surface area contributed by atoms with Crippen molar-refractivity contribution in [3.63, 3.8) is 0 Å². The first-order valence-electron chi connectivity index (χ1n) is 10.5. The third-order valence-corrected chi connectivity index (χ3v) is 7.98. The molecule has 0 unspecified atom stereocenters. The molecule has 2 aromatic heterocycles. The Balaban J connectivity index is 1.77. The molecule has 1 N–H and O–H groups in total. The lowest BCUT2D eigenvalue weighted by molar-refractivity contribution is 0.110. The number of nitrogens with zero attached hydrogens (tertiary/aromatic N) is 5. The number of alkyl halides is 2. The molecule has 10 nitrogen and oxygen atoms in total. The van der Waals surface area contributed by atoms with Crippen LogP contribution in [0.3, 0.4) is 0 Å². The molecule has 0 saturated heterocycles. The Morgan fingerprint density at radius 1 is 1.14 bits per heavy atom. The first kappa shape index (κ1) is 25.0. The highest BCUT2D eigenvalue weighted by Crippen LogP contribution is 2.56. The van der Waals surface area contributed by atoms with E-state index < -0.39 is 39.5 Å². The number of aromatic nitrogens is 5. The van der Waals surface area contributed by atoms with Crippen molar-refractivity contribution in [3.8, 4) is 17.2 Å². The zero-order chi connectivity index (χ0) is 25.5. The second-order valence-corrected chi connectivity index (χ2v) is 10.6. The fourth-order valence-electron chi connectivity index (χ4n) is 3.61. The molecule has 3 atom stereocenters. The number of ether oxygens (including phenoxy) is 2. The van der Waals surface area contributed by atoms with Crippen LogP contribution < -0.4 is 14.2 Å². The fraction of sp³-hybridized carbons (Fsp3) is 0.429. The van der Waals surface area contributed by atoms with E-state index in [1.807, 2.05) is 0 Å². The van der Waals surface area contributed by atoms with Gasteiger partial charge in [0.15, 0.2) is 0 Å². The van der Waals surface area contributed by atoms with Crippen LogP contribution in [0.4, 0.5) is 14.7 Å². The predicted molar refractivity (Wildman–Crippen MR) is 124 cm³/mol. The Kier molecular flexibility index (Phi) is 6.58. The maximum absolute atomic E-state index is 14.0. The molecule has 0 bridgehead atoms. The van der Waals surface area contributed by atoms with Gasteiger partial charge in [-0.2, -0.15) is 0 Å². The van der Waals surface area contributed by atoms with Crippen LogP contribution in [0.25, 0.3) is 5.69 Å². The number of halogens is 3. The zero-order valence-electron chi connectivity index (χ0n) is 19.2. The molecule has 1 aliphatic rings. The third-order valence-electron chi connectivity index (χ3n) is 5.93. The van der Waals surface area contributed by atoms with Crippen molar-refractivity contribution in [1.82, 2.24) is 24.7 Å². The highest BCUT2D eigenvalue weighted by Gasteiger charge is 2.60. The van der Waals surface area contributed by atoms with Crippen LogP contribution in [0.1, 0.15) is 43.8 Å². The number of hydrogen-bond acceptors (Lipinski definition) is 8. The highest BCUT2D eigenvalue weighted by atomic mass is 35.5. The van der Waals surface area contributed by atoms with Gasteiger partial charge in [0.2, 0.25) is 16.0 Å². The average Bonchev–Trinajstić information content (AvgIpc) is 3.28. The Labute approximate surface area is 205 Å². The Hall–Kier alpha value is -3.06. The summed E-state index contributed by atoms with van der Waals surface area (Å²) in [6, 6.07) is 4.83. The highest BCUT2D eigenvalue weighted by molar-refractivity contribution is 7.93. The van der Waals surface area contributed by atoms with E-state index in [0.717, 1.165) is 0 Å². The minimum absolute atomic E-state index is 0.114. The molecule has 0 spiro atoms. The average molecular weight is 529 g/mol. The summed E-state index contributed by atoms with van der Waals surface area (Å²) in [4.78, 5) is 8.19. The van der Waals surface area contributed by atoms with Crippen LogP contribution in [0.5, 0.6) is 11.5 Å².